The van der Waals surface area contributed by atoms with Crippen LogP contribution in [-0.4, -0.2) is 78.9 Å². The standard InChI is InChI=1S/C30H33ClF6N4O3/c1-18(42)40-11-8-20(9-12-40)27(43)41-13-10-26(25(17-41)19-4-6-23(31)7-5-19)39(3)28(44)38(2)24-15-21(29(32,33)34)14-22(16-24)30(35,36)37/h4-7,14-16,20,25-26H,8-13,17H2,1-3H3/t25-,26+/m0/s1. The van der Waals surface area contributed by atoms with Crippen molar-refractivity contribution in [2.75, 3.05) is 45.2 Å². The fourth-order valence-corrected chi connectivity index (χ4v) is 6.09. The number of urea groups is 1. The Morgan fingerprint density at radius 2 is 1.34 bits per heavy atom. The van der Waals surface area contributed by atoms with Gasteiger partial charge in [-0.3, -0.25) is 14.5 Å². The summed E-state index contributed by atoms with van der Waals surface area (Å²) in [4.78, 5) is 44.3. The average molecular weight is 647 g/mol. The van der Waals surface area contributed by atoms with E-state index >= 15 is 0 Å². The van der Waals surface area contributed by atoms with E-state index in [4.69, 9.17) is 11.6 Å². The molecule has 2 aliphatic heterocycles. The number of piperidine rings is 2. The van der Waals surface area contributed by atoms with Gasteiger partial charge >= 0.3 is 18.4 Å². The number of hydrogen-bond acceptors (Lipinski definition) is 3. The Morgan fingerprint density at radius 1 is 0.818 bits per heavy atom. The first-order valence-corrected chi connectivity index (χ1v) is 14.4. The molecule has 4 rings (SSSR count). The second-order valence-corrected chi connectivity index (χ2v) is 11.7. The minimum atomic E-state index is -5.06. The van der Waals surface area contributed by atoms with Gasteiger partial charge in [-0.15, -0.1) is 0 Å². The second kappa shape index (κ2) is 12.9. The molecule has 0 aliphatic carbocycles. The van der Waals surface area contributed by atoms with Gasteiger partial charge in [0.2, 0.25) is 11.8 Å². The lowest BCUT2D eigenvalue weighted by Crippen LogP contribution is -2.55. The maximum atomic E-state index is 13.6. The Balaban J connectivity index is 1.58. The van der Waals surface area contributed by atoms with E-state index in [1.54, 1.807) is 34.1 Å². The number of halogens is 7. The Bertz CT molecular complexity index is 1340. The zero-order valence-electron chi connectivity index (χ0n) is 24.4. The smallest absolute Gasteiger partial charge is 0.343 e. The number of hydrogen-bond donors (Lipinski definition) is 0. The Hall–Kier alpha value is -3.48. The SMILES string of the molecule is CC(=O)N1CCC(C(=O)N2CC[C@@H](N(C)C(=O)N(C)c3cc(C(F)(F)F)cc(C(F)(F)F)c3)[C@H](c3ccc(Cl)cc3)C2)CC1. The molecule has 2 heterocycles. The fourth-order valence-electron chi connectivity index (χ4n) is 5.96. The Labute approximate surface area is 256 Å². The first-order chi connectivity index (χ1) is 20.5. The van der Waals surface area contributed by atoms with E-state index in [1.165, 1.54) is 18.9 Å². The van der Waals surface area contributed by atoms with E-state index in [1.807, 2.05) is 0 Å². The first kappa shape index (κ1) is 33.4. The normalized spacial score (nSPS) is 20.0. The molecule has 2 saturated heterocycles. The summed E-state index contributed by atoms with van der Waals surface area (Å²) in [6.07, 6.45) is -8.74. The van der Waals surface area contributed by atoms with Crippen LogP contribution in [0.3, 0.4) is 0 Å². The van der Waals surface area contributed by atoms with Crippen molar-refractivity contribution >= 4 is 35.1 Å². The summed E-state index contributed by atoms with van der Waals surface area (Å²) in [5.74, 6) is -0.781. The summed E-state index contributed by atoms with van der Waals surface area (Å²) in [7, 11) is 2.57. The highest BCUT2D eigenvalue weighted by molar-refractivity contribution is 6.30. The predicted molar refractivity (Wildman–Crippen MR) is 152 cm³/mol. The molecule has 0 saturated carbocycles. The number of amides is 4. The van der Waals surface area contributed by atoms with Crippen LogP contribution >= 0.6 is 11.6 Å². The van der Waals surface area contributed by atoms with Crippen molar-refractivity contribution in [1.29, 1.82) is 0 Å². The van der Waals surface area contributed by atoms with Crippen LogP contribution in [0.1, 0.15) is 48.8 Å². The van der Waals surface area contributed by atoms with Crippen molar-refractivity contribution < 1.29 is 40.7 Å². The average Bonchev–Trinajstić information content (AvgIpc) is 2.98. The van der Waals surface area contributed by atoms with Crippen molar-refractivity contribution in [1.82, 2.24) is 14.7 Å². The Morgan fingerprint density at radius 3 is 1.84 bits per heavy atom. The number of anilines is 1. The van der Waals surface area contributed by atoms with Crippen molar-refractivity contribution in [3.05, 3.63) is 64.2 Å². The first-order valence-electron chi connectivity index (χ1n) is 14.1. The molecule has 0 bridgehead atoms. The van der Waals surface area contributed by atoms with Gasteiger partial charge in [-0.05, 0) is 55.2 Å². The Kier molecular flexibility index (Phi) is 9.77. The molecule has 0 N–H and O–H groups in total. The maximum absolute atomic E-state index is 13.6. The lowest BCUT2D eigenvalue weighted by Gasteiger charge is -2.45. The van der Waals surface area contributed by atoms with Gasteiger partial charge in [0.05, 0.1) is 11.1 Å². The summed E-state index contributed by atoms with van der Waals surface area (Å²) in [5, 5.41) is 0.473. The topological polar surface area (TPSA) is 64.2 Å². The van der Waals surface area contributed by atoms with Gasteiger partial charge in [0.25, 0.3) is 0 Å². The predicted octanol–water partition coefficient (Wildman–Crippen LogP) is 6.51. The lowest BCUT2D eigenvalue weighted by molar-refractivity contribution is -0.143. The van der Waals surface area contributed by atoms with Gasteiger partial charge in [-0.25, -0.2) is 4.79 Å². The highest BCUT2D eigenvalue weighted by atomic mass is 35.5. The zero-order chi connectivity index (χ0) is 32.6. The van der Waals surface area contributed by atoms with Crippen LogP contribution in [0.5, 0.6) is 0 Å². The number of likely N-dealkylation sites (tertiary alicyclic amines) is 2. The molecule has 7 nitrogen and oxygen atoms in total. The van der Waals surface area contributed by atoms with Gasteiger partial charge in [0.15, 0.2) is 0 Å². The summed E-state index contributed by atoms with van der Waals surface area (Å²) >= 11 is 6.09. The molecule has 2 fully saturated rings. The molecule has 14 heteroatoms. The summed E-state index contributed by atoms with van der Waals surface area (Å²) in [6, 6.07) is 6.56. The monoisotopic (exact) mass is 646 g/mol. The zero-order valence-corrected chi connectivity index (χ0v) is 25.1. The molecule has 240 valence electrons. The van der Waals surface area contributed by atoms with Crippen LogP contribution in [0, 0.1) is 5.92 Å². The highest BCUT2D eigenvalue weighted by Gasteiger charge is 2.41. The third-order valence-electron chi connectivity index (χ3n) is 8.52. The highest BCUT2D eigenvalue weighted by Crippen LogP contribution is 2.39. The van der Waals surface area contributed by atoms with Crippen LogP contribution in [0.25, 0.3) is 0 Å². The molecule has 0 unspecified atom stereocenters. The summed E-state index contributed by atoms with van der Waals surface area (Å²) < 4.78 is 80.8. The molecule has 44 heavy (non-hydrogen) atoms. The number of alkyl halides is 6. The van der Waals surface area contributed by atoms with E-state index in [0.717, 1.165) is 17.5 Å². The van der Waals surface area contributed by atoms with Crippen LogP contribution < -0.4 is 4.90 Å². The number of benzene rings is 2. The summed E-state index contributed by atoms with van der Waals surface area (Å²) in [5.41, 5.74) is -2.84. The molecular formula is C30H33ClF6N4O3. The second-order valence-electron chi connectivity index (χ2n) is 11.3. The van der Waals surface area contributed by atoms with E-state index in [-0.39, 0.29) is 30.3 Å². The van der Waals surface area contributed by atoms with Crippen molar-refractivity contribution in [2.24, 2.45) is 5.92 Å². The number of likely N-dealkylation sites (N-methyl/N-ethyl adjacent to an activating group) is 1. The molecule has 2 atom stereocenters. The van der Waals surface area contributed by atoms with Crippen LogP contribution in [0.4, 0.5) is 36.8 Å². The van der Waals surface area contributed by atoms with Crippen LogP contribution in [-0.2, 0) is 21.9 Å². The molecule has 0 spiro atoms. The number of carbonyl (C=O) groups is 3. The third-order valence-corrected chi connectivity index (χ3v) is 8.77. The largest absolute Gasteiger partial charge is 0.416 e. The van der Waals surface area contributed by atoms with Crippen molar-refractivity contribution in [3.63, 3.8) is 0 Å². The van der Waals surface area contributed by atoms with Gasteiger partial charge in [0, 0.05) is 75.8 Å². The van der Waals surface area contributed by atoms with Crippen molar-refractivity contribution in [2.45, 2.75) is 50.5 Å². The van der Waals surface area contributed by atoms with Crippen LogP contribution in [0.2, 0.25) is 5.02 Å². The number of carbonyl (C=O) groups excluding carboxylic acids is 3. The van der Waals surface area contributed by atoms with Gasteiger partial charge in [-0.1, -0.05) is 23.7 Å². The number of nitrogens with zero attached hydrogens (tertiary/aromatic N) is 4. The fraction of sp³-hybridized carbons (Fsp3) is 0.500. The molecule has 2 aliphatic rings. The molecule has 2 aromatic carbocycles. The molecule has 4 amide bonds. The van der Waals surface area contributed by atoms with Crippen LogP contribution in [0.15, 0.2) is 42.5 Å². The van der Waals surface area contributed by atoms with E-state index in [2.05, 4.69) is 0 Å². The van der Waals surface area contributed by atoms with E-state index in [9.17, 15) is 40.7 Å². The number of rotatable bonds is 4. The third kappa shape index (κ3) is 7.41. The molecule has 0 aromatic heterocycles. The van der Waals surface area contributed by atoms with Crippen molar-refractivity contribution in [3.8, 4) is 0 Å². The molecule has 0 radical (unpaired) electrons. The maximum Gasteiger partial charge on any atom is 0.416 e. The molecule has 2 aromatic rings. The quantitative estimate of drug-likeness (QED) is 0.356. The van der Waals surface area contributed by atoms with Gasteiger partial charge < -0.3 is 14.7 Å². The summed E-state index contributed by atoms with van der Waals surface area (Å²) in [6.45, 7) is 2.99. The minimum Gasteiger partial charge on any atom is -0.343 e. The minimum absolute atomic E-state index is 0.0127. The lowest BCUT2D eigenvalue weighted by atomic mass is 9.84. The van der Waals surface area contributed by atoms with E-state index in [0.29, 0.717) is 56.1 Å². The van der Waals surface area contributed by atoms with Gasteiger partial charge in [0.1, 0.15) is 0 Å². The molecular weight excluding hydrogens is 614 g/mol. The van der Waals surface area contributed by atoms with E-state index < -0.39 is 47.2 Å². The van der Waals surface area contributed by atoms with Gasteiger partial charge in [-0.2, -0.15) is 26.3 Å².